The van der Waals surface area contributed by atoms with Gasteiger partial charge < -0.3 is 35.8 Å². The highest BCUT2D eigenvalue weighted by Crippen LogP contribution is 2.14. The molecule has 57 heavy (non-hydrogen) atoms. The third-order valence-corrected chi connectivity index (χ3v) is 9.09. The molecule has 0 saturated carbocycles. The Morgan fingerprint density at radius 1 is 0.614 bits per heavy atom. The van der Waals surface area contributed by atoms with Crippen molar-refractivity contribution in [2.45, 2.75) is 96.6 Å². The number of amides is 4. The Bertz CT molecular complexity index is 1820. The molecule has 0 heterocycles. The molecule has 12 nitrogen and oxygen atoms in total. The van der Waals surface area contributed by atoms with Crippen LogP contribution in [0.25, 0.3) is 0 Å². The van der Waals surface area contributed by atoms with Crippen molar-refractivity contribution in [1.82, 2.24) is 26.6 Å². The van der Waals surface area contributed by atoms with Crippen molar-refractivity contribution >= 4 is 23.8 Å². The fourth-order valence-corrected chi connectivity index (χ4v) is 5.93. The van der Waals surface area contributed by atoms with Crippen LogP contribution in [0.5, 0.6) is 0 Å². The van der Waals surface area contributed by atoms with Gasteiger partial charge in [0.15, 0.2) is 0 Å². The van der Waals surface area contributed by atoms with Gasteiger partial charge >= 0.3 is 6.09 Å². The number of aliphatic hydroxyl groups is 1. The Kier molecular flexibility index (Phi) is 17.2. The summed E-state index contributed by atoms with van der Waals surface area (Å²) in [4.78, 5) is 54.9. The summed E-state index contributed by atoms with van der Waals surface area (Å²) in [5.74, 6) is -1.96. The van der Waals surface area contributed by atoms with E-state index >= 15 is 0 Å². The summed E-state index contributed by atoms with van der Waals surface area (Å²) in [5, 5.41) is 26.7. The molecule has 304 valence electrons. The third kappa shape index (κ3) is 15.5. The average molecular weight is 780 g/mol. The average Bonchev–Trinajstić information content (AvgIpc) is 3.20. The number of ether oxygens (including phenoxy) is 2. The molecular formula is C45H57N5O7. The van der Waals surface area contributed by atoms with Crippen molar-refractivity contribution in [1.29, 1.82) is 0 Å². The van der Waals surface area contributed by atoms with Crippen LogP contribution in [0, 0.1) is 5.92 Å². The summed E-state index contributed by atoms with van der Waals surface area (Å²) in [6, 6.07) is 32.7. The fraction of sp³-hybridized carbons (Fsp3) is 0.378. The first kappa shape index (κ1) is 44.2. The van der Waals surface area contributed by atoms with Gasteiger partial charge in [-0.2, -0.15) is 0 Å². The molecule has 6 N–H and O–H groups in total. The summed E-state index contributed by atoms with van der Waals surface area (Å²) >= 11 is 0. The van der Waals surface area contributed by atoms with Crippen molar-refractivity contribution in [2.75, 3.05) is 6.61 Å². The quantitative estimate of drug-likeness (QED) is 0.0745. The Labute approximate surface area is 336 Å². The van der Waals surface area contributed by atoms with Gasteiger partial charge in [-0.05, 0) is 55.4 Å². The van der Waals surface area contributed by atoms with Crippen LogP contribution in [-0.2, 0) is 50.0 Å². The summed E-state index contributed by atoms with van der Waals surface area (Å²) in [6.45, 7) is 9.39. The van der Waals surface area contributed by atoms with E-state index in [1.165, 1.54) is 0 Å². The van der Waals surface area contributed by atoms with Gasteiger partial charge in [-0.25, -0.2) is 4.79 Å². The van der Waals surface area contributed by atoms with E-state index in [1.807, 2.05) is 156 Å². The molecule has 0 aliphatic carbocycles. The van der Waals surface area contributed by atoms with Crippen molar-refractivity contribution in [2.24, 2.45) is 5.92 Å². The highest BCUT2D eigenvalue weighted by molar-refractivity contribution is 5.90. The highest BCUT2D eigenvalue weighted by Gasteiger charge is 2.37. The predicted molar refractivity (Wildman–Crippen MR) is 219 cm³/mol. The molecule has 4 aromatic rings. The van der Waals surface area contributed by atoms with Crippen LogP contribution in [0.1, 0.15) is 56.9 Å². The van der Waals surface area contributed by atoms with E-state index in [0.717, 1.165) is 22.3 Å². The van der Waals surface area contributed by atoms with E-state index in [4.69, 9.17) is 9.47 Å². The van der Waals surface area contributed by atoms with Gasteiger partial charge in [0.2, 0.25) is 17.7 Å². The minimum Gasteiger partial charge on any atom is -0.445 e. The molecule has 2 unspecified atom stereocenters. The molecule has 5 atom stereocenters. The van der Waals surface area contributed by atoms with Crippen LogP contribution in [0.3, 0.4) is 0 Å². The minimum atomic E-state index is -1.52. The predicted octanol–water partition coefficient (Wildman–Crippen LogP) is 4.80. The Hall–Kier alpha value is -5.56. The number of hydrogen-bond acceptors (Lipinski definition) is 8. The van der Waals surface area contributed by atoms with Gasteiger partial charge in [0, 0.05) is 13.1 Å². The smallest absolute Gasteiger partial charge is 0.408 e. The Morgan fingerprint density at radius 2 is 1.12 bits per heavy atom. The summed E-state index contributed by atoms with van der Waals surface area (Å²) in [7, 11) is 0. The normalized spacial score (nSPS) is 14.0. The maximum atomic E-state index is 14.3. The number of carbonyl (C=O) groups excluding carboxylic acids is 4. The van der Waals surface area contributed by atoms with Gasteiger partial charge in [0.1, 0.15) is 24.7 Å². The first-order valence-electron chi connectivity index (χ1n) is 19.3. The first-order valence-corrected chi connectivity index (χ1v) is 19.3. The SMILES string of the molecule is CC(C)[C@H](NC(=O)C(NCc1ccccc1)C(O)[C@H](Cc1ccccc1)NC(=O)[C@H](COC(C)(C)C)NC(=O)OCc1ccccc1)C(=O)NCc1ccccc1. The molecule has 0 fully saturated rings. The lowest BCUT2D eigenvalue weighted by atomic mass is 9.94. The number of benzene rings is 4. The molecule has 0 radical (unpaired) electrons. The number of alkyl carbamates (subject to hydrolysis) is 1. The van der Waals surface area contributed by atoms with Gasteiger partial charge in [-0.3, -0.25) is 19.7 Å². The van der Waals surface area contributed by atoms with Crippen LogP contribution in [0.15, 0.2) is 121 Å². The zero-order valence-electron chi connectivity index (χ0n) is 33.4. The molecule has 0 saturated heterocycles. The number of aliphatic hydroxyl groups excluding tert-OH is 1. The molecule has 0 spiro atoms. The molecule has 4 aromatic carbocycles. The summed E-state index contributed by atoms with van der Waals surface area (Å²) in [5.41, 5.74) is 2.66. The van der Waals surface area contributed by atoms with Crippen molar-refractivity contribution in [3.05, 3.63) is 144 Å². The van der Waals surface area contributed by atoms with E-state index in [1.54, 1.807) is 0 Å². The van der Waals surface area contributed by atoms with Crippen LogP contribution in [0.2, 0.25) is 0 Å². The topological polar surface area (TPSA) is 167 Å². The highest BCUT2D eigenvalue weighted by atomic mass is 16.5. The molecule has 0 bridgehead atoms. The maximum absolute atomic E-state index is 14.3. The van der Waals surface area contributed by atoms with Crippen LogP contribution in [0.4, 0.5) is 4.79 Å². The monoisotopic (exact) mass is 779 g/mol. The van der Waals surface area contributed by atoms with E-state index in [0.29, 0.717) is 0 Å². The second-order valence-corrected chi connectivity index (χ2v) is 15.3. The number of rotatable bonds is 20. The first-order chi connectivity index (χ1) is 27.3. The lowest BCUT2D eigenvalue weighted by Gasteiger charge is -2.33. The van der Waals surface area contributed by atoms with E-state index < -0.39 is 53.8 Å². The molecule has 4 amide bonds. The molecule has 0 aliphatic rings. The summed E-state index contributed by atoms with van der Waals surface area (Å²) in [6.07, 6.45) is -2.22. The fourth-order valence-electron chi connectivity index (χ4n) is 5.93. The van der Waals surface area contributed by atoms with Crippen molar-refractivity contribution < 1.29 is 33.8 Å². The van der Waals surface area contributed by atoms with Gasteiger partial charge in [0.05, 0.1) is 24.4 Å². The number of nitrogens with one attached hydrogen (secondary N) is 5. The van der Waals surface area contributed by atoms with E-state index in [2.05, 4.69) is 26.6 Å². The van der Waals surface area contributed by atoms with Crippen LogP contribution >= 0.6 is 0 Å². The Morgan fingerprint density at radius 3 is 1.65 bits per heavy atom. The minimum absolute atomic E-state index is 0.0119. The lowest BCUT2D eigenvalue weighted by molar-refractivity contribution is -0.134. The second kappa shape index (κ2) is 22.2. The lowest BCUT2D eigenvalue weighted by Crippen LogP contribution is -2.63. The van der Waals surface area contributed by atoms with Crippen LogP contribution < -0.4 is 26.6 Å². The molecule has 4 rings (SSSR count). The molecule has 0 aromatic heterocycles. The van der Waals surface area contributed by atoms with Crippen molar-refractivity contribution in [3.8, 4) is 0 Å². The van der Waals surface area contributed by atoms with E-state index in [-0.39, 0.29) is 44.5 Å². The number of carbonyl (C=O) groups is 4. The second-order valence-electron chi connectivity index (χ2n) is 15.3. The van der Waals surface area contributed by atoms with E-state index in [9.17, 15) is 24.3 Å². The summed E-state index contributed by atoms with van der Waals surface area (Å²) < 4.78 is 11.4. The van der Waals surface area contributed by atoms with Gasteiger partial charge in [-0.1, -0.05) is 135 Å². The third-order valence-electron chi connectivity index (χ3n) is 9.09. The standard InChI is InChI=1S/C45H57N5O7/c1-31(2)38(42(53)47-28-34-22-14-8-15-23-34)50-43(54)39(46-27-33-20-12-7-13-21-33)40(51)36(26-32-18-10-6-11-19-32)48-41(52)37(30-57-45(3,4)5)49-44(55)56-29-35-24-16-9-17-25-35/h6-25,31,36-40,46,51H,26-30H2,1-5H3,(H,47,53)(H,48,52)(H,49,55)(H,50,54)/t36-,37-,38-,39?,40?/m0/s1. The zero-order chi connectivity index (χ0) is 41.2. The molecular weight excluding hydrogens is 723 g/mol. The van der Waals surface area contributed by atoms with Gasteiger partial charge in [0.25, 0.3) is 0 Å². The Balaban J connectivity index is 1.59. The number of hydrogen-bond donors (Lipinski definition) is 6. The maximum Gasteiger partial charge on any atom is 0.408 e. The molecule has 0 aliphatic heterocycles. The van der Waals surface area contributed by atoms with Gasteiger partial charge in [-0.15, -0.1) is 0 Å². The largest absolute Gasteiger partial charge is 0.445 e. The zero-order valence-corrected chi connectivity index (χ0v) is 33.4. The van der Waals surface area contributed by atoms with Crippen molar-refractivity contribution in [3.63, 3.8) is 0 Å². The molecule has 12 heteroatoms. The van der Waals surface area contributed by atoms with Crippen LogP contribution in [-0.4, -0.2) is 71.4 Å².